The highest BCUT2D eigenvalue weighted by molar-refractivity contribution is 5.95. The molecule has 3 rings (SSSR count). The summed E-state index contributed by atoms with van der Waals surface area (Å²) in [7, 11) is 1.38. The van der Waals surface area contributed by atoms with Crippen LogP contribution in [0.4, 0.5) is 0 Å². The SMILES string of the molecule is COC(=O)c1ccc2cc(C(N)c3ccccn3)ccc2c1. The van der Waals surface area contributed by atoms with E-state index in [0.29, 0.717) is 5.56 Å². The molecule has 1 heterocycles. The summed E-state index contributed by atoms with van der Waals surface area (Å²) in [4.78, 5) is 15.9. The van der Waals surface area contributed by atoms with E-state index in [1.807, 2.05) is 48.5 Å². The van der Waals surface area contributed by atoms with Crippen LogP contribution >= 0.6 is 0 Å². The molecule has 0 aliphatic rings. The maximum Gasteiger partial charge on any atom is 0.337 e. The molecule has 4 heteroatoms. The van der Waals surface area contributed by atoms with Gasteiger partial charge in [-0.05, 0) is 46.7 Å². The molecule has 3 aromatic rings. The second-order valence-electron chi connectivity index (χ2n) is 5.05. The van der Waals surface area contributed by atoms with E-state index >= 15 is 0 Å². The number of rotatable bonds is 3. The zero-order chi connectivity index (χ0) is 15.5. The Balaban J connectivity index is 1.98. The number of pyridine rings is 1. The van der Waals surface area contributed by atoms with Gasteiger partial charge in [-0.15, -0.1) is 0 Å². The molecule has 0 fully saturated rings. The van der Waals surface area contributed by atoms with Gasteiger partial charge in [-0.25, -0.2) is 4.79 Å². The first kappa shape index (κ1) is 14.2. The Morgan fingerprint density at radius 2 is 1.86 bits per heavy atom. The van der Waals surface area contributed by atoms with E-state index in [1.54, 1.807) is 12.3 Å². The second-order valence-corrected chi connectivity index (χ2v) is 5.05. The topological polar surface area (TPSA) is 65.2 Å². The van der Waals surface area contributed by atoms with Gasteiger partial charge in [0.05, 0.1) is 24.4 Å². The molecule has 4 nitrogen and oxygen atoms in total. The lowest BCUT2D eigenvalue weighted by Crippen LogP contribution is -2.13. The molecule has 2 N–H and O–H groups in total. The summed E-state index contributed by atoms with van der Waals surface area (Å²) in [5, 5.41) is 2.00. The van der Waals surface area contributed by atoms with Crippen LogP contribution in [0.2, 0.25) is 0 Å². The fraction of sp³-hybridized carbons (Fsp3) is 0.111. The van der Waals surface area contributed by atoms with Crippen molar-refractivity contribution in [1.82, 2.24) is 4.98 Å². The summed E-state index contributed by atoms with van der Waals surface area (Å²) < 4.78 is 4.74. The van der Waals surface area contributed by atoms with Crippen molar-refractivity contribution in [1.29, 1.82) is 0 Å². The van der Waals surface area contributed by atoms with Crippen molar-refractivity contribution in [2.75, 3.05) is 7.11 Å². The van der Waals surface area contributed by atoms with Crippen LogP contribution in [0.25, 0.3) is 10.8 Å². The van der Waals surface area contributed by atoms with Gasteiger partial charge in [0, 0.05) is 6.20 Å². The third-order valence-corrected chi connectivity index (χ3v) is 3.65. The van der Waals surface area contributed by atoms with Gasteiger partial charge in [-0.1, -0.05) is 24.3 Å². The lowest BCUT2D eigenvalue weighted by Gasteiger charge is -2.12. The van der Waals surface area contributed by atoms with Crippen LogP contribution in [0, 0.1) is 0 Å². The second kappa shape index (κ2) is 5.95. The summed E-state index contributed by atoms with van der Waals surface area (Å²) in [6, 6.07) is 16.8. The molecule has 0 aliphatic carbocycles. The summed E-state index contributed by atoms with van der Waals surface area (Å²) in [5.41, 5.74) is 8.62. The zero-order valence-corrected chi connectivity index (χ0v) is 12.2. The van der Waals surface area contributed by atoms with Crippen LogP contribution in [-0.4, -0.2) is 18.1 Å². The van der Waals surface area contributed by atoms with Crippen molar-refractivity contribution in [2.45, 2.75) is 6.04 Å². The predicted molar refractivity (Wildman–Crippen MR) is 85.6 cm³/mol. The fourth-order valence-electron chi connectivity index (χ4n) is 2.43. The maximum atomic E-state index is 11.6. The van der Waals surface area contributed by atoms with Gasteiger partial charge in [0.15, 0.2) is 0 Å². The molecule has 1 aromatic heterocycles. The third-order valence-electron chi connectivity index (χ3n) is 3.65. The van der Waals surface area contributed by atoms with Crippen LogP contribution in [0.15, 0.2) is 60.8 Å². The Hall–Kier alpha value is -2.72. The Kier molecular flexibility index (Phi) is 3.85. The molecule has 1 atom stereocenters. The van der Waals surface area contributed by atoms with Crippen LogP contribution in [0.5, 0.6) is 0 Å². The van der Waals surface area contributed by atoms with Crippen LogP contribution in [-0.2, 0) is 4.74 Å². The van der Waals surface area contributed by atoms with E-state index in [-0.39, 0.29) is 12.0 Å². The third kappa shape index (κ3) is 2.69. The van der Waals surface area contributed by atoms with Gasteiger partial charge < -0.3 is 10.5 Å². The number of hydrogen-bond acceptors (Lipinski definition) is 4. The summed E-state index contributed by atoms with van der Waals surface area (Å²) >= 11 is 0. The monoisotopic (exact) mass is 292 g/mol. The Labute approximate surface area is 128 Å². The number of benzene rings is 2. The summed E-state index contributed by atoms with van der Waals surface area (Å²) in [6.07, 6.45) is 1.73. The van der Waals surface area contributed by atoms with E-state index in [2.05, 4.69) is 4.98 Å². The van der Waals surface area contributed by atoms with Crippen molar-refractivity contribution in [3.05, 3.63) is 77.6 Å². The Bertz CT molecular complexity index is 816. The van der Waals surface area contributed by atoms with Crippen molar-refractivity contribution < 1.29 is 9.53 Å². The molecular weight excluding hydrogens is 276 g/mol. The molecular formula is C18H16N2O2. The molecule has 0 aliphatic heterocycles. The van der Waals surface area contributed by atoms with Gasteiger partial charge in [0.2, 0.25) is 0 Å². The normalized spacial score (nSPS) is 12.1. The number of hydrogen-bond donors (Lipinski definition) is 1. The molecule has 0 radical (unpaired) electrons. The lowest BCUT2D eigenvalue weighted by atomic mass is 9.99. The summed E-state index contributed by atoms with van der Waals surface area (Å²) in [6.45, 7) is 0. The number of carbonyl (C=O) groups excluding carboxylic acids is 1. The fourth-order valence-corrected chi connectivity index (χ4v) is 2.43. The number of esters is 1. The highest BCUT2D eigenvalue weighted by Crippen LogP contribution is 2.23. The zero-order valence-electron chi connectivity index (χ0n) is 12.2. The van der Waals surface area contributed by atoms with Gasteiger partial charge in [0.1, 0.15) is 0 Å². The van der Waals surface area contributed by atoms with E-state index in [0.717, 1.165) is 22.0 Å². The van der Waals surface area contributed by atoms with Crippen molar-refractivity contribution in [3.8, 4) is 0 Å². The molecule has 22 heavy (non-hydrogen) atoms. The Morgan fingerprint density at radius 3 is 2.59 bits per heavy atom. The minimum absolute atomic E-state index is 0.272. The van der Waals surface area contributed by atoms with E-state index in [9.17, 15) is 4.79 Å². The number of nitrogens with two attached hydrogens (primary N) is 1. The van der Waals surface area contributed by atoms with Gasteiger partial charge in [-0.3, -0.25) is 4.98 Å². The molecule has 0 bridgehead atoms. The molecule has 0 spiro atoms. The maximum absolute atomic E-state index is 11.6. The molecule has 110 valence electrons. The van der Waals surface area contributed by atoms with Gasteiger partial charge >= 0.3 is 5.97 Å². The van der Waals surface area contributed by atoms with Gasteiger partial charge in [-0.2, -0.15) is 0 Å². The highest BCUT2D eigenvalue weighted by atomic mass is 16.5. The number of ether oxygens (including phenoxy) is 1. The first-order chi connectivity index (χ1) is 10.7. The average Bonchev–Trinajstić information content (AvgIpc) is 2.60. The largest absolute Gasteiger partial charge is 0.465 e. The number of methoxy groups -OCH3 is 1. The van der Waals surface area contributed by atoms with E-state index in [1.165, 1.54) is 7.11 Å². The van der Waals surface area contributed by atoms with E-state index in [4.69, 9.17) is 10.5 Å². The molecule has 0 saturated carbocycles. The summed E-state index contributed by atoms with van der Waals surface area (Å²) in [5.74, 6) is -0.337. The first-order valence-corrected chi connectivity index (χ1v) is 6.97. The van der Waals surface area contributed by atoms with Crippen LogP contribution in [0.1, 0.15) is 27.7 Å². The standard InChI is InChI=1S/C18H16N2O2/c1-22-18(21)15-8-6-12-10-14(7-5-13(12)11-15)17(19)16-4-2-3-9-20-16/h2-11,17H,19H2,1H3. The van der Waals surface area contributed by atoms with Crippen molar-refractivity contribution >= 4 is 16.7 Å². The molecule has 0 saturated heterocycles. The molecule has 0 amide bonds. The van der Waals surface area contributed by atoms with Crippen LogP contribution < -0.4 is 5.73 Å². The molecule has 2 aromatic carbocycles. The number of aromatic nitrogens is 1. The predicted octanol–water partition coefficient (Wildman–Crippen LogP) is 3.07. The highest BCUT2D eigenvalue weighted by Gasteiger charge is 2.11. The quantitative estimate of drug-likeness (QED) is 0.753. The van der Waals surface area contributed by atoms with Crippen molar-refractivity contribution in [2.24, 2.45) is 5.73 Å². The minimum Gasteiger partial charge on any atom is -0.465 e. The van der Waals surface area contributed by atoms with E-state index < -0.39 is 0 Å². The Morgan fingerprint density at radius 1 is 1.09 bits per heavy atom. The number of nitrogens with zero attached hydrogens (tertiary/aromatic N) is 1. The average molecular weight is 292 g/mol. The van der Waals surface area contributed by atoms with Crippen molar-refractivity contribution in [3.63, 3.8) is 0 Å². The smallest absolute Gasteiger partial charge is 0.337 e. The minimum atomic E-state index is -0.337. The van der Waals surface area contributed by atoms with Crippen LogP contribution in [0.3, 0.4) is 0 Å². The lowest BCUT2D eigenvalue weighted by molar-refractivity contribution is 0.0601. The first-order valence-electron chi connectivity index (χ1n) is 6.97. The number of fused-ring (bicyclic) bond motifs is 1. The molecule has 1 unspecified atom stereocenters. The number of carbonyl (C=O) groups is 1. The van der Waals surface area contributed by atoms with Gasteiger partial charge in [0.25, 0.3) is 0 Å².